The maximum Gasteiger partial charge on any atom is 0.249 e. The lowest BCUT2D eigenvalue weighted by Gasteiger charge is -2.25. The number of anilines is 1. The van der Waals surface area contributed by atoms with Gasteiger partial charge in [0, 0.05) is 18.7 Å². The predicted molar refractivity (Wildman–Crippen MR) is 84.8 cm³/mol. The van der Waals surface area contributed by atoms with Crippen molar-refractivity contribution in [1.29, 1.82) is 0 Å². The average molecular weight is 329 g/mol. The van der Waals surface area contributed by atoms with E-state index in [1.165, 1.54) is 0 Å². The fraction of sp³-hybridized carbons (Fsp3) is 0.467. The summed E-state index contributed by atoms with van der Waals surface area (Å²) in [6.45, 7) is 4.39. The summed E-state index contributed by atoms with van der Waals surface area (Å²) in [5.74, 6) is 0.109. The summed E-state index contributed by atoms with van der Waals surface area (Å²) in [5, 5.41) is 3.63. The van der Waals surface area contributed by atoms with Crippen LogP contribution in [0.25, 0.3) is 0 Å². The summed E-state index contributed by atoms with van der Waals surface area (Å²) < 4.78 is 0. The number of carbonyl (C=O) groups is 2. The van der Waals surface area contributed by atoms with E-state index in [0.29, 0.717) is 34.6 Å². The Labute approximate surface area is 134 Å². The Balaban J connectivity index is 2.30. The Morgan fingerprint density at radius 1 is 1.29 bits per heavy atom. The largest absolute Gasteiger partial charge is 0.344 e. The monoisotopic (exact) mass is 328 g/mol. The molecule has 0 spiro atoms. The van der Waals surface area contributed by atoms with Gasteiger partial charge in [-0.05, 0) is 30.5 Å². The van der Waals surface area contributed by atoms with Crippen LogP contribution in [0.1, 0.15) is 26.7 Å². The fourth-order valence-corrected chi connectivity index (χ4v) is 2.67. The van der Waals surface area contributed by atoms with E-state index in [1.807, 2.05) is 13.8 Å². The van der Waals surface area contributed by atoms with Crippen LogP contribution in [0.3, 0.4) is 0 Å². The summed E-state index contributed by atoms with van der Waals surface area (Å²) in [4.78, 5) is 26.0. The molecule has 1 aliphatic heterocycles. The van der Waals surface area contributed by atoms with Crippen molar-refractivity contribution in [2.24, 2.45) is 5.92 Å². The highest BCUT2D eigenvalue weighted by atomic mass is 35.5. The second-order valence-corrected chi connectivity index (χ2v) is 6.40. The molecule has 1 unspecified atom stereocenters. The van der Waals surface area contributed by atoms with E-state index in [-0.39, 0.29) is 18.2 Å². The van der Waals surface area contributed by atoms with Gasteiger partial charge in [-0.3, -0.25) is 9.59 Å². The van der Waals surface area contributed by atoms with Gasteiger partial charge in [-0.1, -0.05) is 37.0 Å². The Morgan fingerprint density at radius 2 is 2.00 bits per heavy atom. The Bertz CT molecular complexity index is 561. The molecule has 1 saturated heterocycles. The normalized spacial score (nSPS) is 19.7. The van der Waals surface area contributed by atoms with Gasteiger partial charge < -0.3 is 10.2 Å². The number of halogens is 2. The third kappa shape index (κ3) is 3.89. The molecule has 0 radical (unpaired) electrons. The molecule has 1 fully saturated rings. The zero-order chi connectivity index (χ0) is 15.6. The first-order valence-corrected chi connectivity index (χ1v) is 7.70. The smallest absolute Gasteiger partial charge is 0.249 e. The molecule has 6 heteroatoms. The highest BCUT2D eigenvalue weighted by Gasteiger charge is 2.31. The van der Waals surface area contributed by atoms with E-state index in [4.69, 9.17) is 23.2 Å². The van der Waals surface area contributed by atoms with Crippen LogP contribution in [-0.4, -0.2) is 24.4 Å². The van der Waals surface area contributed by atoms with Crippen LogP contribution >= 0.6 is 23.2 Å². The topological polar surface area (TPSA) is 49.4 Å². The van der Waals surface area contributed by atoms with Gasteiger partial charge in [0.25, 0.3) is 0 Å². The third-order valence-electron chi connectivity index (χ3n) is 3.38. The molecular weight excluding hydrogens is 311 g/mol. The number of nitrogens with zero attached hydrogens (tertiary/aromatic N) is 1. The van der Waals surface area contributed by atoms with Crippen molar-refractivity contribution in [1.82, 2.24) is 5.32 Å². The molecule has 1 aromatic carbocycles. The van der Waals surface area contributed by atoms with Gasteiger partial charge in [0.15, 0.2) is 0 Å². The van der Waals surface area contributed by atoms with Gasteiger partial charge in [-0.25, -0.2) is 0 Å². The quantitative estimate of drug-likeness (QED) is 0.925. The van der Waals surface area contributed by atoms with E-state index in [9.17, 15) is 9.59 Å². The maximum atomic E-state index is 12.7. The van der Waals surface area contributed by atoms with Gasteiger partial charge in [-0.2, -0.15) is 0 Å². The molecular formula is C15H18Cl2N2O2. The van der Waals surface area contributed by atoms with Crippen molar-refractivity contribution in [3.8, 4) is 0 Å². The number of hydrogen-bond acceptors (Lipinski definition) is 2. The molecule has 21 heavy (non-hydrogen) atoms. The number of amides is 2. The molecule has 2 rings (SSSR count). The minimum atomic E-state index is -0.491. The Hall–Kier alpha value is -1.26. The standard InChI is InChI=1S/C15H18Cl2N2O2/c1-9(2)7-13-15(21)19(6-5-14(20)18-13)10-3-4-11(16)12(17)8-10/h3-4,8-9,13H,5-7H2,1-2H3,(H,18,20). The van der Waals surface area contributed by atoms with Crippen molar-refractivity contribution < 1.29 is 9.59 Å². The van der Waals surface area contributed by atoms with E-state index in [2.05, 4.69) is 5.32 Å². The van der Waals surface area contributed by atoms with Gasteiger partial charge in [0.1, 0.15) is 6.04 Å². The average Bonchev–Trinajstić information content (AvgIpc) is 2.53. The zero-order valence-corrected chi connectivity index (χ0v) is 13.5. The molecule has 1 heterocycles. The van der Waals surface area contributed by atoms with Crippen LogP contribution in [0.15, 0.2) is 18.2 Å². The molecule has 114 valence electrons. The Kier molecular flexibility index (Phi) is 5.12. The predicted octanol–water partition coefficient (Wildman–Crippen LogP) is 3.26. The number of nitrogens with one attached hydrogen (secondary N) is 1. The summed E-state index contributed by atoms with van der Waals surface area (Å²) in [7, 11) is 0. The summed E-state index contributed by atoms with van der Waals surface area (Å²) in [6.07, 6.45) is 0.892. The van der Waals surface area contributed by atoms with Crippen LogP contribution in [-0.2, 0) is 9.59 Å². The number of benzene rings is 1. The second-order valence-electron chi connectivity index (χ2n) is 5.59. The van der Waals surface area contributed by atoms with Crippen molar-refractivity contribution in [3.05, 3.63) is 28.2 Å². The minimum absolute atomic E-state index is 0.100. The van der Waals surface area contributed by atoms with Crippen LogP contribution in [0.4, 0.5) is 5.69 Å². The van der Waals surface area contributed by atoms with E-state index in [1.54, 1.807) is 23.1 Å². The van der Waals surface area contributed by atoms with Crippen molar-refractivity contribution in [2.45, 2.75) is 32.7 Å². The first-order chi connectivity index (χ1) is 9.88. The molecule has 1 aromatic rings. The lowest BCUT2D eigenvalue weighted by molar-refractivity contribution is -0.125. The number of hydrogen-bond donors (Lipinski definition) is 1. The molecule has 4 nitrogen and oxygen atoms in total. The molecule has 0 saturated carbocycles. The van der Waals surface area contributed by atoms with Crippen molar-refractivity contribution in [3.63, 3.8) is 0 Å². The van der Waals surface area contributed by atoms with E-state index < -0.39 is 6.04 Å². The highest BCUT2D eigenvalue weighted by Crippen LogP contribution is 2.28. The van der Waals surface area contributed by atoms with Gasteiger partial charge >= 0.3 is 0 Å². The van der Waals surface area contributed by atoms with Gasteiger partial charge in [-0.15, -0.1) is 0 Å². The molecule has 0 aromatic heterocycles. The lowest BCUT2D eigenvalue weighted by Crippen LogP contribution is -2.45. The molecule has 1 atom stereocenters. The van der Waals surface area contributed by atoms with E-state index in [0.717, 1.165) is 0 Å². The Morgan fingerprint density at radius 3 is 2.62 bits per heavy atom. The first-order valence-electron chi connectivity index (χ1n) is 6.94. The zero-order valence-electron chi connectivity index (χ0n) is 12.0. The van der Waals surface area contributed by atoms with Crippen molar-refractivity contribution >= 4 is 40.7 Å². The molecule has 0 aliphatic carbocycles. The van der Waals surface area contributed by atoms with Crippen LogP contribution in [0, 0.1) is 5.92 Å². The highest BCUT2D eigenvalue weighted by molar-refractivity contribution is 6.42. The van der Waals surface area contributed by atoms with Gasteiger partial charge in [0.2, 0.25) is 11.8 Å². The second kappa shape index (κ2) is 6.67. The summed E-state index contributed by atoms with van der Waals surface area (Å²) in [6, 6.07) is 4.57. The van der Waals surface area contributed by atoms with Crippen LogP contribution in [0.5, 0.6) is 0 Å². The molecule has 1 aliphatic rings. The molecule has 0 bridgehead atoms. The van der Waals surface area contributed by atoms with Crippen LogP contribution in [0.2, 0.25) is 10.0 Å². The SMILES string of the molecule is CC(C)CC1NC(=O)CCN(c2ccc(Cl)c(Cl)c2)C1=O. The lowest BCUT2D eigenvalue weighted by atomic mass is 10.0. The number of rotatable bonds is 3. The van der Waals surface area contributed by atoms with E-state index >= 15 is 0 Å². The minimum Gasteiger partial charge on any atom is -0.344 e. The summed E-state index contributed by atoms with van der Waals surface area (Å²) >= 11 is 11.9. The fourth-order valence-electron chi connectivity index (χ4n) is 2.38. The first kappa shape index (κ1) is 16.1. The molecule has 2 amide bonds. The summed E-state index contributed by atoms with van der Waals surface area (Å²) in [5.41, 5.74) is 0.666. The maximum absolute atomic E-state index is 12.7. The molecule has 1 N–H and O–H groups in total. The van der Waals surface area contributed by atoms with Gasteiger partial charge in [0.05, 0.1) is 10.0 Å². The third-order valence-corrected chi connectivity index (χ3v) is 4.12. The number of carbonyl (C=O) groups excluding carboxylic acids is 2. The van der Waals surface area contributed by atoms with Crippen molar-refractivity contribution in [2.75, 3.05) is 11.4 Å². The van der Waals surface area contributed by atoms with Crippen LogP contribution < -0.4 is 10.2 Å².